The average molecular weight is 190 g/mol. The smallest absolute Gasteiger partial charge is 0.226 e. The minimum absolute atomic E-state index is 0.408. The molecule has 2 rings (SSSR count). The van der Waals surface area contributed by atoms with E-state index in [1.165, 1.54) is 13.3 Å². The highest BCUT2D eigenvalue weighted by molar-refractivity contribution is 5.82. The molecule has 4 heteroatoms. The predicted molar refractivity (Wildman–Crippen MR) is 51.8 cm³/mol. The maximum absolute atomic E-state index is 9.08. The van der Waals surface area contributed by atoms with Gasteiger partial charge in [0.1, 0.15) is 6.33 Å². The zero-order chi connectivity index (χ0) is 9.97. The molecule has 1 unspecified atom stereocenters. The van der Waals surface area contributed by atoms with Crippen LogP contribution in [0.25, 0.3) is 10.9 Å². The second-order valence-corrected chi connectivity index (χ2v) is 2.91. The Bertz CT molecular complexity index is 438. The molecule has 1 N–H and O–H groups in total. The number of fused-ring (bicyclic) bond motifs is 1. The van der Waals surface area contributed by atoms with E-state index in [-0.39, 0.29) is 0 Å². The number of hydrogen-bond acceptors (Lipinski definition) is 4. The van der Waals surface area contributed by atoms with Gasteiger partial charge in [0.25, 0.3) is 0 Å². The Labute approximate surface area is 81.2 Å². The molecular weight excluding hydrogens is 180 g/mol. The molecule has 0 aliphatic heterocycles. The van der Waals surface area contributed by atoms with Gasteiger partial charge in [0.2, 0.25) is 5.88 Å². The van der Waals surface area contributed by atoms with Crippen molar-refractivity contribution in [2.45, 2.75) is 13.2 Å². The first-order valence-electron chi connectivity index (χ1n) is 4.32. The van der Waals surface area contributed by atoms with Crippen LogP contribution in [0, 0.1) is 0 Å². The zero-order valence-electron chi connectivity index (χ0n) is 7.71. The average Bonchev–Trinajstić information content (AvgIpc) is 2.18. The van der Waals surface area contributed by atoms with Gasteiger partial charge >= 0.3 is 0 Å². The molecule has 0 saturated heterocycles. The van der Waals surface area contributed by atoms with Crippen LogP contribution in [0.15, 0.2) is 30.6 Å². The summed E-state index contributed by atoms with van der Waals surface area (Å²) < 4.78 is 5.13. The number of aliphatic hydroxyl groups excluding tert-OH is 1. The van der Waals surface area contributed by atoms with Gasteiger partial charge in [-0.2, -0.15) is 0 Å². The van der Waals surface area contributed by atoms with Crippen LogP contribution >= 0.6 is 0 Å². The van der Waals surface area contributed by atoms with E-state index in [2.05, 4.69) is 9.97 Å². The second-order valence-electron chi connectivity index (χ2n) is 2.91. The minimum Gasteiger partial charge on any atom is -0.448 e. The molecule has 0 aliphatic rings. The van der Waals surface area contributed by atoms with Gasteiger partial charge in [-0.25, -0.2) is 9.97 Å². The fourth-order valence-corrected chi connectivity index (χ4v) is 1.24. The van der Waals surface area contributed by atoms with E-state index in [0.717, 1.165) is 10.9 Å². The monoisotopic (exact) mass is 190 g/mol. The molecule has 0 radical (unpaired) electrons. The summed E-state index contributed by atoms with van der Waals surface area (Å²) in [7, 11) is 0. The Kier molecular flexibility index (Phi) is 2.28. The molecule has 0 fully saturated rings. The molecule has 4 nitrogen and oxygen atoms in total. The van der Waals surface area contributed by atoms with Gasteiger partial charge in [-0.15, -0.1) is 0 Å². The van der Waals surface area contributed by atoms with E-state index >= 15 is 0 Å². The zero-order valence-corrected chi connectivity index (χ0v) is 7.71. The molecule has 0 amide bonds. The Balaban J connectivity index is 2.53. The molecule has 1 aromatic carbocycles. The van der Waals surface area contributed by atoms with Gasteiger partial charge in [-0.1, -0.05) is 12.1 Å². The van der Waals surface area contributed by atoms with Crippen molar-refractivity contribution in [1.82, 2.24) is 9.97 Å². The molecule has 2 aromatic rings. The number of para-hydroxylation sites is 1. The van der Waals surface area contributed by atoms with E-state index in [0.29, 0.717) is 5.88 Å². The number of aromatic nitrogens is 2. The van der Waals surface area contributed by atoms with Gasteiger partial charge in [0.15, 0.2) is 6.29 Å². The van der Waals surface area contributed by atoms with Crippen LogP contribution in [0.2, 0.25) is 0 Å². The third-order valence-electron chi connectivity index (χ3n) is 1.79. The van der Waals surface area contributed by atoms with Crippen molar-refractivity contribution >= 4 is 10.9 Å². The summed E-state index contributed by atoms with van der Waals surface area (Å²) in [6.07, 6.45) is 0.549. The van der Waals surface area contributed by atoms with Crippen molar-refractivity contribution in [3.63, 3.8) is 0 Å². The number of aliphatic hydroxyl groups is 1. The molecule has 1 atom stereocenters. The lowest BCUT2D eigenvalue weighted by molar-refractivity contribution is -0.00248. The quantitative estimate of drug-likeness (QED) is 0.726. The van der Waals surface area contributed by atoms with E-state index in [9.17, 15) is 0 Å². The third-order valence-corrected chi connectivity index (χ3v) is 1.79. The van der Waals surface area contributed by atoms with Crippen LogP contribution in [0.3, 0.4) is 0 Å². The summed E-state index contributed by atoms with van der Waals surface area (Å²) in [4.78, 5) is 8.03. The highest BCUT2D eigenvalue weighted by Crippen LogP contribution is 2.20. The van der Waals surface area contributed by atoms with Crippen LogP contribution in [0.1, 0.15) is 6.92 Å². The standard InChI is InChI=1S/C10H10N2O2/c1-7(13)14-10-8-4-2-3-5-9(8)11-6-12-10/h2-7,13H,1H3. The summed E-state index contributed by atoms with van der Waals surface area (Å²) in [5, 5.41) is 9.88. The molecule has 0 saturated carbocycles. The van der Waals surface area contributed by atoms with Crippen molar-refractivity contribution in [2.75, 3.05) is 0 Å². The molecular formula is C10H10N2O2. The van der Waals surface area contributed by atoms with Gasteiger partial charge in [0.05, 0.1) is 10.9 Å². The Morgan fingerprint density at radius 3 is 2.86 bits per heavy atom. The largest absolute Gasteiger partial charge is 0.448 e. The summed E-state index contributed by atoms with van der Waals surface area (Å²) in [6, 6.07) is 7.49. The number of nitrogens with zero attached hydrogens (tertiary/aromatic N) is 2. The minimum atomic E-state index is -0.867. The lowest BCUT2D eigenvalue weighted by atomic mass is 10.2. The number of benzene rings is 1. The molecule has 1 aromatic heterocycles. The van der Waals surface area contributed by atoms with Crippen molar-refractivity contribution in [3.8, 4) is 5.88 Å². The number of hydrogen-bond donors (Lipinski definition) is 1. The topological polar surface area (TPSA) is 55.2 Å². The maximum Gasteiger partial charge on any atom is 0.226 e. The first-order chi connectivity index (χ1) is 6.77. The number of rotatable bonds is 2. The van der Waals surface area contributed by atoms with E-state index < -0.39 is 6.29 Å². The van der Waals surface area contributed by atoms with Crippen LogP contribution < -0.4 is 4.74 Å². The summed E-state index contributed by atoms with van der Waals surface area (Å²) in [6.45, 7) is 1.54. The Morgan fingerprint density at radius 1 is 1.29 bits per heavy atom. The van der Waals surface area contributed by atoms with Crippen LogP contribution in [0.5, 0.6) is 5.88 Å². The Hall–Kier alpha value is -1.68. The maximum atomic E-state index is 9.08. The third kappa shape index (κ3) is 1.65. The second kappa shape index (κ2) is 3.59. The molecule has 0 aliphatic carbocycles. The van der Waals surface area contributed by atoms with Crippen molar-refractivity contribution in [2.24, 2.45) is 0 Å². The molecule has 1 heterocycles. The Morgan fingerprint density at radius 2 is 2.07 bits per heavy atom. The van der Waals surface area contributed by atoms with Crippen LogP contribution in [0.4, 0.5) is 0 Å². The predicted octanol–water partition coefficient (Wildman–Crippen LogP) is 1.35. The van der Waals surface area contributed by atoms with Crippen LogP contribution in [-0.2, 0) is 0 Å². The van der Waals surface area contributed by atoms with Gasteiger partial charge in [0, 0.05) is 0 Å². The SMILES string of the molecule is CC(O)Oc1ncnc2ccccc12. The first kappa shape index (κ1) is 8.90. The summed E-state index contributed by atoms with van der Waals surface area (Å²) >= 11 is 0. The van der Waals surface area contributed by atoms with Gasteiger partial charge in [-0.05, 0) is 19.1 Å². The summed E-state index contributed by atoms with van der Waals surface area (Å²) in [5.41, 5.74) is 0.804. The lowest BCUT2D eigenvalue weighted by Gasteiger charge is -2.08. The normalized spacial score (nSPS) is 12.7. The van der Waals surface area contributed by atoms with E-state index in [1.54, 1.807) is 0 Å². The van der Waals surface area contributed by atoms with Gasteiger partial charge < -0.3 is 9.84 Å². The van der Waals surface area contributed by atoms with E-state index in [4.69, 9.17) is 9.84 Å². The fourth-order valence-electron chi connectivity index (χ4n) is 1.24. The van der Waals surface area contributed by atoms with E-state index in [1.807, 2.05) is 24.3 Å². The number of ether oxygens (including phenoxy) is 1. The van der Waals surface area contributed by atoms with Crippen molar-refractivity contribution < 1.29 is 9.84 Å². The fraction of sp³-hybridized carbons (Fsp3) is 0.200. The molecule has 0 bridgehead atoms. The molecule has 72 valence electrons. The van der Waals surface area contributed by atoms with Crippen molar-refractivity contribution in [3.05, 3.63) is 30.6 Å². The highest BCUT2D eigenvalue weighted by atomic mass is 16.6. The summed E-state index contributed by atoms with van der Waals surface area (Å²) in [5.74, 6) is 0.408. The molecule has 14 heavy (non-hydrogen) atoms. The van der Waals surface area contributed by atoms with Crippen LogP contribution in [-0.4, -0.2) is 21.4 Å². The highest BCUT2D eigenvalue weighted by Gasteiger charge is 2.05. The van der Waals surface area contributed by atoms with Crippen molar-refractivity contribution in [1.29, 1.82) is 0 Å². The first-order valence-corrected chi connectivity index (χ1v) is 4.32. The lowest BCUT2D eigenvalue weighted by Crippen LogP contribution is -2.11. The van der Waals surface area contributed by atoms with Gasteiger partial charge in [-0.3, -0.25) is 0 Å². The molecule has 0 spiro atoms.